The molecule has 1 aromatic heterocycles. The van der Waals surface area contributed by atoms with Crippen LogP contribution < -0.4 is 4.90 Å². The quantitative estimate of drug-likeness (QED) is 0.706. The Morgan fingerprint density at radius 3 is 2.59 bits per heavy atom. The van der Waals surface area contributed by atoms with Gasteiger partial charge in [-0.05, 0) is 30.9 Å². The zero-order valence-electron chi connectivity index (χ0n) is 13.0. The van der Waals surface area contributed by atoms with Crippen molar-refractivity contribution < 1.29 is 15.3 Å². The molecular formula is C16H25N3O3. The second-order valence-electron chi connectivity index (χ2n) is 6.59. The molecule has 0 aromatic carbocycles. The van der Waals surface area contributed by atoms with Crippen molar-refractivity contribution in [1.29, 1.82) is 0 Å². The zero-order chi connectivity index (χ0) is 15.7. The average Bonchev–Trinajstić information content (AvgIpc) is 2.93. The van der Waals surface area contributed by atoms with E-state index in [0.717, 1.165) is 31.9 Å². The number of likely N-dealkylation sites (tertiary alicyclic amines) is 1. The maximum atomic E-state index is 9.79. The maximum Gasteiger partial charge on any atom is 0.131 e. The van der Waals surface area contributed by atoms with Crippen LogP contribution in [-0.4, -0.2) is 76.2 Å². The number of piperidine rings is 1. The number of aliphatic hydroxyl groups is 3. The largest absolute Gasteiger partial charge is 0.389 e. The minimum atomic E-state index is -1.02. The van der Waals surface area contributed by atoms with Gasteiger partial charge in [0.15, 0.2) is 0 Å². The number of nitrogens with zero attached hydrogens (tertiary/aromatic N) is 3. The first kappa shape index (κ1) is 15.7. The standard InChI is InChI=1S/C16H25N3O3/c1-11-3-2-5-17-16(11)19-6-4-12(8-19)7-18-9-13(20)15(22)14(21)10-18/h2-3,5,12-15,20-22H,4,6-10H2,1H3/t12-,13-,14+,15?/m1/s1. The van der Waals surface area contributed by atoms with E-state index < -0.39 is 18.3 Å². The fourth-order valence-electron chi connectivity index (χ4n) is 3.57. The molecule has 3 rings (SSSR count). The van der Waals surface area contributed by atoms with E-state index in [1.165, 1.54) is 5.56 Å². The molecule has 4 atom stereocenters. The summed E-state index contributed by atoms with van der Waals surface area (Å²) in [6.45, 7) is 5.71. The number of aryl methyl sites for hydroxylation is 1. The van der Waals surface area contributed by atoms with Crippen LogP contribution in [0.25, 0.3) is 0 Å². The summed E-state index contributed by atoms with van der Waals surface area (Å²) in [4.78, 5) is 8.84. The average molecular weight is 307 g/mol. The van der Waals surface area contributed by atoms with Gasteiger partial charge in [-0.15, -0.1) is 0 Å². The Kier molecular flexibility index (Phi) is 4.63. The first-order valence-electron chi connectivity index (χ1n) is 7.97. The Balaban J connectivity index is 1.56. The lowest BCUT2D eigenvalue weighted by Crippen LogP contribution is -2.56. The molecule has 2 aliphatic heterocycles. The molecule has 0 saturated carbocycles. The molecule has 22 heavy (non-hydrogen) atoms. The third-order valence-electron chi connectivity index (χ3n) is 4.76. The Bertz CT molecular complexity index is 501. The van der Waals surface area contributed by atoms with Crippen molar-refractivity contribution in [3.05, 3.63) is 23.9 Å². The van der Waals surface area contributed by atoms with Crippen LogP contribution in [0.1, 0.15) is 12.0 Å². The summed E-state index contributed by atoms with van der Waals surface area (Å²) < 4.78 is 0. The Morgan fingerprint density at radius 1 is 1.18 bits per heavy atom. The third-order valence-corrected chi connectivity index (χ3v) is 4.76. The van der Waals surface area contributed by atoms with Crippen LogP contribution in [0.2, 0.25) is 0 Å². The van der Waals surface area contributed by atoms with Gasteiger partial charge < -0.3 is 20.2 Å². The smallest absolute Gasteiger partial charge is 0.131 e. The molecule has 0 bridgehead atoms. The molecule has 3 N–H and O–H groups in total. The monoisotopic (exact) mass is 307 g/mol. The number of pyridine rings is 1. The Labute approximate surface area is 131 Å². The van der Waals surface area contributed by atoms with E-state index in [2.05, 4.69) is 27.8 Å². The highest BCUT2D eigenvalue weighted by Gasteiger charge is 2.35. The van der Waals surface area contributed by atoms with Gasteiger partial charge in [0.05, 0.1) is 12.2 Å². The van der Waals surface area contributed by atoms with E-state index in [1.807, 2.05) is 12.3 Å². The molecule has 3 heterocycles. The minimum Gasteiger partial charge on any atom is -0.389 e. The molecular weight excluding hydrogens is 282 g/mol. The SMILES string of the molecule is Cc1cccnc1N1CC[C@H](CN2C[C@@H](O)C(O)[C@@H](O)C2)C1. The summed E-state index contributed by atoms with van der Waals surface area (Å²) in [7, 11) is 0. The lowest BCUT2D eigenvalue weighted by Gasteiger charge is -2.38. The van der Waals surface area contributed by atoms with Crippen molar-refractivity contribution in [3.8, 4) is 0 Å². The summed E-state index contributed by atoms with van der Waals surface area (Å²) in [5.41, 5.74) is 1.19. The summed E-state index contributed by atoms with van der Waals surface area (Å²) in [6.07, 6.45) is 0.168. The molecule has 6 heteroatoms. The first-order chi connectivity index (χ1) is 10.5. The number of anilines is 1. The highest BCUT2D eigenvalue weighted by atomic mass is 16.4. The second-order valence-corrected chi connectivity index (χ2v) is 6.59. The maximum absolute atomic E-state index is 9.79. The molecule has 0 amide bonds. The fourth-order valence-corrected chi connectivity index (χ4v) is 3.57. The van der Waals surface area contributed by atoms with Gasteiger partial charge in [0.25, 0.3) is 0 Å². The van der Waals surface area contributed by atoms with E-state index in [-0.39, 0.29) is 0 Å². The van der Waals surface area contributed by atoms with Crippen molar-refractivity contribution in [2.24, 2.45) is 5.92 Å². The van der Waals surface area contributed by atoms with E-state index in [0.29, 0.717) is 19.0 Å². The molecule has 122 valence electrons. The van der Waals surface area contributed by atoms with E-state index in [4.69, 9.17) is 0 Å². The normalized spacial score (nSPS) is 33.4. The topological polar surface area (TPSA) is 80.1 Å². The minimum absolute atomic E-state index is 0.428. The molecule has 0 spiro atoms. The molecule has 2 saturated heterocycles. The van der Waals surface area contributed by atoms with Crippen molar-refractivity contribution in [2.45, 2.75) is 31.7 Å². The Morgan fingerprint density at radius 2 is 1.91 bits per heavy atom. The lowest BCUT2D eigenvalue weighted by atomic mass is 10.00. The molecule has 6 nitrogen and oxygen atoms in total. The molecule has 1 unspecified atom stereocenters. The van der Waals surface area contributed by atoms with Crippen molar-refractivity contribution >= 4 is 5.82 Å². The Hall–Kier alpha value is -1.21. The van der Waals surface area contributed by atoms with Gasteiger partial charge >= 0.3 is 0 Å². The summed E-state index contributed by atoms with van der Waals surface area (Å²) in [5.74, 6) is 1.55. The van der Waals surface area contributed by atoms with Gasteiger partial charge in [-0.1, -0.05) is 6.07 Å². The number of aromatic nitrogens is 1. The van der Waals surface area contributed by atoms with Gasteiger partial charge in [-0.2, -0.15) is 0 Å². The lowest BCUT2D eigenvalue weighted by molar-refractivity contribution is -0.111. The van der Waals surface area contributed by atoms with Crippen molar-refractivity contribution in [2.75, 3.05) is 37.6 Å². The zero-order valence-corrected chi connectivity index (χ0v) is 13.0. The first-order valence-corrected chi connectivity index (χ1v) is 7.97. The number of aliphatic hydroxyl groups excluding tert-OH is 3. The van der Waals surface area contributed by atoms with Crippen LogP contribution >= 0.6 is 0 Å². The second kappa shape index (κ2) is 6.50. The van der Waals surface area contributed by atoms with Gasteiger partial charge in [0.2, 0.25) is 0 Å². The van der Waals surface area contributed by atoms with Gasteiger partial charge in [0, 0.05) is 38.9 Å². The number of hydrogen-bond acceptors (Lipinski definition) is 6. The molecule has 0 radical (unpaired) electrons. The van der Waals surface area contributed by atoms with E-state index in [1.54, 1.807) is 0 Å². The summed E-state index contributed by atoms with van der Waals surface area (Å²) in [5, 5.41) is 29.2. The molecule has 0 aliphatic carbocycles. The molecule has 1 aromatic rings. The van der Waals surface area contributed by atoms with Crippen LogP contribution in [0.3, 0.4) is 0 Å². The highest BCUT2D eigenvalue weighted by molar-refractivity contribution is 5.46. The van der Waals surface area contributed by atoms with Crippen molar-refractivity contribution in [3.63, 3.8) is 0 Å². The fraction of sp³-hybridized carbons (Fsp3) is 0.688. The van der Waals surface area contributed by atoms with E-state index >= 15 is 0 Å². The predicted octanol–water partition coefficient (Wildman–Crippen LogP) is -0.385. The summed E-state index contributed by atoms with van der Waals surface area (Å²) >= 11 is 0. The van der Waals surface area contributed by atoms with Crippen LogP contribution in [0.5, 0.6) is 0 Å². The molecule has 2 aliphatic rings. The van der Waals surface area contributed by atoms with E-state index in [9.17, 15) is 15.3 Å². The highest BCUT2D eigenvalue weighted by Crippen LogP contribution is 2.26. The van der Waals surface area contributed by atoms with Crippen LogP contribution in [0.15, 0.2) is 18.3 Å². The van der Waals surface area contributed by atoms with Gasteiger partial charge in [-0.3, -0.25) is 4.90 Å². The van der Waals surface area contributed by atoms with Crippen LogP contribution in [0.4, 0.5) is 5.82 Å². The van der Waals surface area contributed by atoms with Crippen molar-refractivity contribution in [1.82, 2.24) is 9.88 Å². The number of hydrogen-bond donors (Lipinski definition) is 3. The number of rotatable bonds is 3. The summed E-state index contributed by atoms with van der Waals surface area (Å²) in [6, 6.07) is 4.03. The number of β-amino-alcohol motifs (C(OH)–C–C–N with tert-alkyl or cyclic N) is 2. The van der Waals surface area contributed by atoms with Crippen LogP contribution in [0, 0.1) is 12.8 Å². The molecule has 2 fully saturated rings. The van der Waals surface area contributed by atoms with Crippen LogP contribution in [-0.2, 0) is 0 Å². The van der Waals surface area contributed by atoms with Gasteiger partial charge in [0.1, 0.15) is 11.9 Å². The third kappa shape index (κ3) is 3.25. The van der Waals surface area contributed by atoms with Gasteiger partial charge in [-0.25, -0.2) is 4.98 Å². The predicted molar refractivity (Wildman–Crippen MR) is 83.8 cm³/mol.